The maximum atomic E-state index is 12.4. The van der Waals surface area contributed by atoms with Gasteiger partial charge in [-0.2, -0.15) is 16.8 Å². The number of rotatable bonds is 4. The molecule has 2 aromatic carbocycles. The van der Waals surface area contributed by atoms with Crippen LogP contribution in [0.4, 0.5) is 0 Å². The molecule has 0 fully saturated rings. The number of carbonyl (C=O) groups is 1. The Hall–Kier alpha value is -1.56. The number of carbonyl (C=O) groups excluding carboxylic acids is 1. The van der Waals surface area contributed by atoms with Gasteiger partial charge in [0.2, 0.25) is 0 Å². The number of aromatic nitrogens is 1. The molecule has 1 heterocycles. The summed E-state index contributed by atoms with van der Waals surface area (Å²) < 4.78 is 3.13. The van der Waals surface area contributed by atoms with Crippen LogP contribution in [0.5, 0.6) is 0 Å². The lowest BCUT2D eigenvalue weighted by atomic mass is 10.2. The molecule has 3 rings (SSSR count). The van der Waals surface area contributed by atoms with Crippen molar-refractivity contribution < 1.29 is 4.79 Å². The van der Waals surface area contributed by atoms with Crippen molar-refractivity contribution in [3.8, 4) is 0 Å². The second-order valence-corrected chi connectivity index (χ2v) is 7.36. The molecule has 0 N–H and O–H groups in total. The summed E-state index contributed by atoms with van der Waals surface area (Å²) in [5, 5.41) is 0.691. The van der Waals surface area contributed by atoms with Crippen molar-refractivity contribution >= 4 is 50.8 Å². The molecule has 0 atom stereocenters. The number of thiazole rings is 1. The lowest BCUT2D eigenvalue weighted by Crippen LogP contribution is -2.18. The molecule has 0 aliphatic heterocycles. The smallest absolute Gasteiger partial charge is 0.279 e. The van der Waals surface area contributed by atoms with Crippen LogP contribution in [0.25, 0.3) is 10.2 Å². The Morgan fingerprint density at radius 1 is 1.26 bits per heavy atom. The molecule has 0 radical (unpaired) electrons. The highest BCUT2D eigenvalue weighted by Crippen LogP contribution is 2.22. The van der Waals surface area contributed by atoms with Crippen molar-refractivity contribution in [1.29, 1.82) is 0 Å². The molecule has 1 aromatic heterocycles. The number of nitrogens with zero attached hydrogens (tertiary/aromatic N) is 2. The zero-order valence-corrected chi connectivity index (χ0v) is 14.9. The minimum atomic E-state index is -0.221. The predicted octanol–water partition coefficient (Wildman–Crippen LogP) is 4.46. The maximum absolute atomic E-state index is 12.4. The van der Waals surface area contributed by atoms with Gasteiger partial charge in [0.25, 0.3) is 5.91 Å². The summed E-state index contributed by atoms with van der Waals surface area (Å²) in [4.78, 5) is 17.4. The van der Waals surface area contributed by atoms with Crippen LogP contribution in [-0.2, 0) is 6.54 Å². The van der Waals surface area contributed by atoms with Crippen molar-refractivity contribution in [2.24, 2.45) is 4.99 Å². The highest BCUT2D eigenvalue weighted by molar-refractivity contribution is 7.98. The molecule has 3 nitrogen and oxygen atoms in total. The number of benzene rings is 2. The van der Waals surface area contributed by atoms with Crippen LogP contribution in [0.1, 0.15) is 10.4 Å². The first-order valence-corrected chi connectivity index (χ1v) is 9.70. The van der Waals surface area contributed by atoms with E-state index in [1.165, 1.54) is 11.3 Å². The molecule has 0 spiro atoms. The van der Waals surface area contributed by atoms with Gasteiger partial charge in [-0.15, -0.1) is 0 Å². The average molecular weight is 363 g/mol. The third-order valence-corrected chi connectivity index (χ3v) is 5.25. The molecular weight excluding hydrogens is 348 g/mol. The van der Waals surface area contributed by atoms with Gasteiger partial charge in [0, 0.05) is 22.9 Å². The number of fused-ring (bicyclic) bond motifs is 1. The van der Waals surface area contributed by atoms with Crippen molar-refractivity contribution in [2.45, 2.75) is 6.54 Å². The Balaban J connectivity index is 2.11. The molecule has 6 heteroatoms. The molecule has 1 amide bonds. The summed E-state index contributed by atoms with van der Waals surface area (Å²) in [5.41, 5.74) is 1.66. The quantitative estimate of drug-likeness (QED) is 0.686. The van der Waals surface area contributed by atoms with E-state index in [4.69, 9.17) is 11.6 Å². The Labute approximate surface area is 147 Å². The van der Waals surface area contributed by atoms with E-state index in [1.54, 1.807) is 23.9 Å². The lowest BCUT2D eigenvalue weighted by molar-refractivity contribution is 0.0998. The SMILES string of the molecule is CSCCn1c(=NC(=O)c2ccccc2)sc2cc(Cl)ccc21. The summed E-state index contributed by atoms with van der Waals surface area (Å²) in [6.45, 7) is 0.809. The number of hydrogen-bond acceptors (Lipinski definition) is 3. The number of hydrogen-bond donors (Lipinski definition) is 0. The largest absolute Gasteiger partial charge is 0.316 e. The molecule has 0 aliphatic carbocycles. The van der Waals surface area contributed by atoms with E-state index in [0.717, 1.165) is 22.5 Å². The highest BCUT2D eigenvalue weighted by Gasteiger charge is 2.09. The maximum Gasteiger partial charge on any atom is 0.279 e. The Morgan fingerprint density at radius 3 is 2.78 bits per heavy atom. The van der Waals surface area contributed by atoms with Gasteiger partial charge in [-0.25, -0.2) is 0 Å². The predicted molar refractivity (Wildman–Crippen MR) is 99.5 cm³/mol. The molecular formula is C17H15ClN2OS2. The van der Waals surface area contributed by atoms with Gasteiger partial charge in [-0.1, -0.05) is 41.1 Å². The third kappa shape index (κ3) is 3.68. The molecule has 0 saturated heterocycles. The normalized spacial score (nSPS) is 12.0. The van der Waals surface area contributed by atoms with Crippen molar-refractivity contribution in [1.82, 2.24) is 4.57 Å². The van der Waals surface area contributed by atoms with Crippen LogP contribution in [0, 0.1) is 0 Å². The number of thioether (sulfide) groups is 1. The molecule has 0 unspecified atom stereocenters. The summed E-state index contributed by atoms with van der Waals surface area (Å²) in [5.74, 6) is 0.738. The van der Waals surface area contributed by atoms with Gasteiger partial charge in [0.1, 0.15) is 0 Å². The first kappa shape index (κ1) is 16.3. The summed E-state index contributed by atoms with van der Waals surface area (Å²) in [6, 6.07) is 14.9. The van der Waals surface area contributed by atoms with E-state index >= 15 is 0 Å². The fourth-order valence-electron chi connectivity index (χ4n) is 2.26. The average Bonchev–Trinajstić information content (AvgIpc) is 2.89. The van der Waals surface area contributed by atoms with Crippen molar-refractivity contribution in [2.75, 3.05) is 12.0 Å². The topological polar surface area (TPSA) is 34.4 Å². The molecule has 0 saturated carbocycles. The number of aryl methyl sites for hydroxylation is 1. The Bertz CT molecular complexity index is 900. The van der Waals surface area contributed by atoms with Crippen molar-refractivity contribution in [3.05, 3.63) is 63.9 Å². The number of amides is 1. The molecule has 0 aliphatic rings. The van der Waals surface area contributed by atoms with Crippen LogP contribution in [0.2, 0.25) is 5.02 Å². The minimum absolute atomic E-state index is 0.221. The summed E-state index contributed by atoms with van der Waals surface area (Å²) >= 11 is 9.34. The first-order valence-electron chi connectivity index (χ1n) is 7.11. The van der Waals surface area contributed by atoms with E-state index in [0.29, 0.717) is 15.4 Å². The second kappa shape index (κ2) is 7.34. The van der Waals surface area contributed by atoms with E-state index in [1.807, 2.05) is 36.4 Å². The van der Waals surface area contributed by atoms with Crippen LogP contribution in [0.3, 0.4) is 0 Å². The van der Waals surface area contributed by atoms with Gasteiger partial charge >= 0.3 is 0 Å². The fourth-order valence-corrected chi connectivity index (χ4v) is 3.96. The zero-order valence-electron chi connectivity index (χ0n) is 12.5. The molecule has 3 aromatic rings. The van der Waals surface area contributed by atoms with Gasteiger partial charge < -0.3 is 4.57 Å². The van der Waals surface area contributed by atoms with Crippen LogP contribution < -0.4 is 4.80 Å². The molecule has 23 heavy (non-hydrogen) atoms. The van der Waals surface area contributed by atoms with Gasteiger partial charge in [-0.05, 0) is 36.6 Å². The van der Waals surface area contributed by atoms with Crippen LogP contribution >= 0.6 is 34.7 Å². The van der Waals surface area contributed by atoms with E-state index in [9.17, 15) is 4.79 Å². The fraction of sp³-hybridized carbons (Fsp3) is 0.176. The minimum Gasteiger partial charge on any atom is -0.316 e. The molecule has 0 bridgehead atoms. The van der Waals surface area contributed by atoms with E-state index < -0.39 is 0 Å². The van der Waals surface area contributed by atoms with Gasteiger partial charge in [-0.3, -0.25) is 4.79 Å². The molecule has 118 valence electrons. The standard InChI is InChI=1S/C17H15ClN2OS2/c1-22-10-9-20-14-8-7-13(18)11-15(14)23-17(20)19-16(21)12-5-3-2-4-6-12/h2-8,11H,9-10H2,1H3. The van der Waals surface area contributed by atoms with E-state index in [2.05, 4.69) is 15.8 Å². The third-order valence-electron chi connectivity index (χ3n) is 3.38. The first-order chi connectivity index (χ1) is 11.2. The van der Waals surface area contributed by atoms with E-state index in [-0.39, 0.29) is 5.91 Å². The summed E-state index contributed by atoms with van der Waals surface area (Å²) in [7, 11) is 0. The monoisotopic (exact) mass is 362 g/mol. The summed E-state index contributed by atoms with van der Waals surface area (Å²) in [6.07, 6.45) is 2.07. The van der Waals surface area contributed by atoms with Gasteiger partial charge in [0.15, 0.2) is 4.80 Å². The highest BCUT2D eigenvalue weighted by atomic mass is 35.5. The lowest BCUT2D eigenvalue weighted by Gasteiger charge is -2.03. The second-order valence-electron chi connectivity index (χ2n) is 4.92. The Morgan fingerprint density at radius 2 is 2.04 bits per heavy atom. The van der Waals surface area contributed by atoms with Crippen LogP contribution in [0.15, 0.2) is 53.5 Å². The Kier molecular flexibility index (Phi) is 5.20. The van der Waals surface area contributed by atoms with Crippen LogP contribution in [-0.4, -0.2) is 22.5 Å². The van der Waals surface area contributed by atoms with Gasteiger partial charge in [0.05, 0.1) is 10.2 Å². The van der Waals surface area contributed by atoms with Crippen molar-refractivity contribution in [3.63, 3.8) is 0 Å². The zero-order chi connectivity index (χ0) is 16.2. The number of halogens is 1.